The second kappa shape index (κ2) is 3.22. The molecule has 0 radical (unpaired) electrons. The van der Waals surface area contributed by atoms with Gasteiger partial charge in [0.15, 0.2) is 0 Å². The summed E-state index contributed by atoms with van der Waals surface area (Å²) in [7, 11) is 1.61. The lowest BCUT2D eigenvalue weighted by atomic mass is 10.3. The first kappa shape index (κ1) is 7.09. The smallest absolute Gasteiger partial charge is 0.119 e. The maximum Gasteiger partial charge on any atom is 0.119 e. The summed E-state index contributed by atoms with van der Waals surface area (Å²) in [6.45, 7) is 0.0667. The Morgan fingerprint density at radius 1 is 1.50 bits per heavy atom. The second-order valence-electron chi connectivity index (χ2n) is 2.01. The molecule has 0 unspecified atom stereocenters. The van der Waals surface area contributed by atoms with Crippen LogP contribution in [0.2, 0.25) is 0 Å². The maximum absolute atomic E-state index is 8.70. The zero-order valence-corrected chi connectivity index (χ0v) is 5.87. The molecule has 0 aromatic heterocycles. The summed E-state index contributed by atoms with van der Waals surface area (Å²) in [5, 5.41) is 8.70. The van der Waals surface area contributed by atoms with Crippen LogP contribution in [0.5, 0.6) is 5.75 Å². The fourth-order valence-corrected chi connectivity index (χ4v) is 0.771. The molecule has 0 saturated heterocycles. The minimum absolute atomic E-state index is 0.0667. The van der Waals surface area contributed by atoms with E-state index in [0.717, 1.165) is 11.3 Å². The van der Waals surface area contributed by atoms with Crippen molar-refractivity contribution in [2.24, 2.45) is 0 Å². The largest absolute Gasteiger partial charge is 0.497 e. The second-order valence-corrected chi connectivity index (χ2v) is 2.01. The highest BCUT2D eigenvalue weighted by Gasteiger charge is 1.91. The number of hydrogen-bond donors (Lipinski definition) is 1. The zero-order valence-electron chi connectivity index (χ0n) is 5.87. The third-order valence-electron chi connectivity index (χ3n) is 1.32. The van der Waals surface area contributed by atoms with Gasteiger partial charge >= 0.3 is 0 Å². The highest BCUT2D eigenvalue weighted by molar-refractivity contribution is 5.27. The predicted octanol–water partition coefficient (Wildman–Crippen LogP) is 1.19. The quantitative estimate of drug-likeness (QED) is 0.623. The first-order valence-corrected chi connectivity index (χ1v) is 3.10. The average molecular weight is 139 g/mol. The fourth-order valence-electron chi connectivity index (χ4n) is 0.771. The first-order chi connectivity index (χ1) is 4.86. The van der Waals surface area contributed by atoms with E-state index in [1.54, 1.807) is 13.2 Å². The van der Waals surface area contributed by atoms with Gasteiger partial charge in [-0.25, -0.2) is 0 Å². The van der Waals surface area contributed by atoms with Crippen LogP contribution in [0.25, 0.3) is 0 Å². The van der Waals surface area contributed by atoms with Crippen LogP contribution in [-0.4, -0.2) is 12.2 Å². The Morgan fingerprint density at radius 3 is 2.90 bits per heavy atom. The molecule has 2 heteroatoms. The number of benzene rings is 1. The van der Waals surface area contributed by atoms with Crippen LogP contribution >= 0.6 is 0 Å². The van der Waals surface area contributed by atoms with Crippen molar-refractivity contribution in [3.05, 3.63) is 29.8 Å². The molecule has 2 nitrogen and oxygen atoms in total. The van der Waals surface area contributed by atoms with Crippen molar-refractivity contribution < 1.29 is 9.84 Å². The van der Waals surface area contributed by atoms with Gasteiger partial charge in [0.2, 0.25) is 0 Å². The molecule has 0 aliphatic carbocycles. The molecule has 10 heavy (non-hydrogen) atoms. The summed E-state index contributed by atoms with van der Waals surface area (Å²) in [4.78, 5) is 0. The number of methoxy groups -OCH3 is 1. The Labute approximate surface area is 60.1 Å². The molecule has 0 atom stereocenters. The molecule has 54 valence electrons. The fraction of sp³-hybridized carbons (Fsp3) is 0.250. The number of hydrogen-bond acceptors (Lipinski definition) is 2. The summed E-state index contributed by atoms with van der Waals surface area (Å²) in [5.41, 5.74) is 0.874. The van der Waals surface area contributed by atoms with Crippen molar-refractivity contribution in [3.63, 3.8) is 0 Å². The minimum Gasteiger partial charge on any atom is -0.497 e. The van der Waals surface area contributed by atoms with Crippen molar-refractivity contribution in [2.45, 2.75) is 6.61 Å². The number of ether oxygens (including phenoxy) is 1. The topological polar surface area (TPSA) is 29.5 Å². The van der Waals surface area contributed by atoms with Crippen LogP contribution < -0.4 is 4.74 Å². The molecule has 1 N–H and O–H groups in total. The third kappa shape index (κ3) is 1.48. The first-order valence-electron chi connectivity index (χ1n) is 3.10. The molecule has 0 aliphatic heterocycles. The van der Waals surface area contributed by atoms with Gasteiger partial charge in [-0.2, -0.15) is 0 Å². The van der Waals surface area contributed by atoms with Crippen molar-refractivity contribution in [2.75, 3.05) is 7.11 Å². The average Bonchev–Trinajstić information content (AvgIpc) is 2.05. The normalized spacial score (nSPS) is 9.40. The predicted molar refractivity (Wildman–Crippen MR) is 38.9 cm³/mol. The maximum atomic E-state index is 8.70. The van der Waals surface area contributed by atoms with Crippen molar-refractivity contribution in [1.82, 2.24) is 0 Å². The van der Waals surface area contributed by atoms with Crippen molar-refractivity contribution >= 4 is 0 Å². The van der Waals surface area contributed by atoms with Gasteiger partial charge in [-0.3, -0.25) is 0 Å². The highest BCUT2D eigenvalue weighted by Crippen LogP contribution is 2.11. The molecule has 0 spiro atoms. The van der Waals surface area contributed by atoms with Crippen LogP contribution in [0.3, 0.4) is 0 Å². The lowest BCUT2D eigenvalue weighted by Gasteiger charge is -1.99. The highest BCUT2D eigenvalue weighted by atomic mass is 16.5. The number of aliphatic hydroxyl groups is 1. The van der Waals surface area contributed by atoms with Crippen LogP contribution in [0.4, 0.5) is 0 Å². The van der Waals surface area contributed by atoms with Crippen molar-refractivity contribution in [3.8, 4) is 5.75 Å². The molecule has 1 aromatic rings. The molecule has 0 aliphatic rings. The van der Waals surface area contributed by atoms with Crippen molar-refractivity contribution in [1.29, 1.82) is 0 Å². The van der Waals surface area contributed by atoms with E-state index in [9.17, 15) is 0 Å². The van der Waals surface area contributed by atoms with Gasteiger partial charge in [-0.1, -0.05) is 12.1 Å². The van der Waals surface area contributed by atoms with Gasteiger partial charge in [0.1, 0.15) is 5.75 Å². The summed E-state index contributed by atoms with van der Waals surface area (Å²) in [6.07, 6.45) is 0. The standard InChI is InChI=1S/C8H10O2/c1-10-8-4-2-3-7(5-8)6-9/h2-5,9H,6H2,1H3/i6+1. The van der Waals surface area contributed by atoms with Crippen LogP contribution in [0, 0.1) is 0 Å². The Morgan fingerprint density at radius 2 is 2.30 bits per heavy atom. The monoisotopic (exact) mass is 139 g/mol. The molecular weight excluding hydrogens is 129 g/mol. The van der Waals surface area contributed by atoms with Gasteiger partial charge < -0.3 is 9.84 Å². The van der Waals surface area contributed by atoms with Crippen LogP contribution in [0.15, 0.2) is 24.3 Å². The summed E-state index contributed by atoms with van der Waals surface area (Å²) >= 11 is 0. The van der Waals surface area contributed by atoms with E-state index in [2.05, 4.69) is 0 Å². The molecule has 0 bridgehead atoms. The zero-order chi connectivity index (χ0) is 7.40. The molecule has 0 saturated carbocycles. The van der Waals surface area contributed by atoms with E-state index < -0.39 is 0 Å². The molecule has 1 aromatic carbocycles. The number of rotatable bonds is 2. The summed E-state index contributed by atoms with van der Waals surface area (Å²) in [6, 6.07) is 7.35. The molecular formula is C8H10O2. The van der Waals surface area contributed by atoms with E-state index in [1.165, 1.54) is 0 Å². The Hall–Kier alpha value is -1.02. The van der Waals surface area contributed by atoms with Gasteiger partial charge in [-0.05, 0) is 17.7 Å². The molecule has 0 fully saturated rings. The Bertz CT molecular complexity index is 189. The Kier molecular flexibility index (Phi) is 2.29. The van der Waals surface area contributed by atoms with E-state index >= 15 is 0 Å². The van der Waals surface area contributed by atoms with Gasteiger partial charge in [0.25, 0.3) is 0 Å². The van der Waals surface area contributed by atoms with E-state index in [4.69, 9.17) is 9.84 Å². The Balaban J connectivity index is 2.87. The lowest BCUT2D eigenvalue weighted by molar-refractivity contribution is 0.281. The lowest BCUT2D eigenvalue weighted by Crippen LogP contribution is -1.85. The van der Waals surface area contributed by atoms with Crippen LogP contribution in [0.1, 0.15) is 5.56 Å². The van der Waals surface area contributed by atoms with Gasteiger partial charge in [0.05, 0.1) is 13.7 Å². The van der Waals surface area contributed by atoms with Crippen LogP contribution in [-0.2, 0) is 6.61 Å². The number of aliphatic hydroxyl groups excluding tert-OH is 1. The van der Waals surface area contributed by atoms with E-state index in [1.807, 2.05) is 18.2 Å². The van der Waals surface area contributed by atoms with Gasteiger partial charge in [-0.15, -0.1) is 0 Å². The summed E-state index contributed by atoms with van der Waals surface area (Å²) < 4.78 is 4.95. The third-order valence-corrected chi connectivity index (χ3v) is 1.32. The van der Waals surface area contributed by atoms with E-state index in [-0.39, 0.29) is 6.61 Å². The van der Waals surface area contributed by atoms with Gasteiger partial charge in [0, 0.05) is 0 Å². The van der Waals surface area contributed by atoms with E-state index in [0.29, 0.717) is 0 Å². The molecule has 1 rings (SSSR count). The summed E-state index contributed by atoms with van der Waals surface area (Å²) in [5.74, 6) is 0.784. The SMILES string of the molecule is COc1cccc([13CH2]O)c1. The molecule has 0 amide bonds. The molecule has 0 heterocycles. The minimum atomic E-state index is 0.0667.